The van der Waals surface area contributed by atoms with Gasteiger partial charge in [0.1, 0.15) is 24.3 Å². The Kier molecular flexibility index (Phi) is 3.99. The lowest BCUT2D eigenvalue weighted by atomic mass is 10.0. The molecule has 3 heterocycles. The zero-order valence-electron chi connectivity index (χ0n) is 11.1. The topological polar surface area (TPSA) is 99.5 Å². The molecule has 2 atom stereocenters. The molecule has 1 aliphatic rings. The number of halogens is 1. The third-order valence-corrected chi connectivity index (χ3v) is 3.71. The van der Waals surface area contributed by atoms with Crippen molar-refractivity contribution in [3.05, 3.63) is 35.0 Å². The molecule has 0 unspecified atom stereocenters. The monoisotopic (exact) mass is 304 g/mol. The Balaban J connectivity index is 1.66. The number of nitriles is 1. The number of nitrogens with one attached hydrogen (secondary N) is 2. The molecule has 3 rings (SSSR count). The first kappa shape index (κ1) is 13.8. The molecular weight excluding hydrogens is 292 g/mol. The zero-order valence-corrected chi connectivity index (χ0v) is 11.8. The first-order valence-corrected chi connectivity index (χ1v) is 6.92. The summed E-state index contributed by atoms with van der Waals surface area (Å²) < 4.78 is 5.69. The molecule has 0 amide bonds. The predicted octanol–water partition coefficient (Wildman–Crippen LogP) is 1.91. The summed E-state index contributed by atoms with van der Waals surface area (Å²) in [6, 6.07) is 3.60. The first-order valence-electron chi connectivity index (χ1n) is 6.54. The lowest BCUT2D eigenvalue weighted by Gasteiger charge is -2.17. The first-order chi connectivity index (χ1) is 10.3. The number of aromatic amines is 1. The van der Waals surface area contributed by atoms with E-state index >= 15 is 0 Å². The summed E-state index contributed by atoms with van der Waals surface area (Å²) in [5.74, 6) is 1.56. The Hall–Kier alpha value is -2.17. The van der Waals surface area contributed by atoms with Crippen molar-refractivity contribution in [1.82, 2.24) is 20.2 Å². The fourth-order valence-corrected chi connectivity index (χ4v) is 2.59. The Labute approximate surface area is 126 Å². The van der Waals surface area contributed by atoms with Crippen molar-refractivity contribution < 1.29 is 4.74 Å². The largest absolute Gasteiger partial charge is 0.370 e. The average molecular weight is 305 g/mol. The number of rotatable bonds is 4. The van der Waals surface area contributed by atoms with E-state index in [0.717, 1.165) is 12.2 Å². The van der Waals surface area contributed by atoms with Crippen molar-refractivity contribution >= 4 is 17.4 Å². The lowest BCUT2D eigenvalue weighted by molar-refractivity contribution is 0.0864. The summed E-state index contributed by atoms with van der Waals surface area (Å²) in [4.78, 5) is 8.30. The number of pyridine rings is 1. The van der Waals surface area contributed by atoms with Crippen molar-refractivity contribution in [2.24, 2.45) is 5.92 Å². The van der Waals surface area contributed by atoms with Crippen LogP contribution >= 0.6 is 11.6 Å². The van der Waals surface area contributed by atoms with Crippen LogP contribution < -0.4 is 5.32 Å². The Bertz CT molecular complexity index is 653. The summed E-state index contributed by atoms with van der Waals surface area (Å²) in [5, 5.41) is 19.1. The molecule has 0 spiro atoms. The van der Waals surface area contributed by atoms with Crippen LogP contribution in [-0.2, 0) is 4.74 Å². The molecule has 8 heteroatoms. The van der Waals surface area contributed by atoms with Crippen LogP contribution in [-0.4, -0.2) is 33.3 Å². The highest BCUT2D eigenvalue weighted by Crippen LogP contribution is 2.32. The van der Waals surface area contributed by atoms with E-state index in [2.05, 4.69) is 25.5 Å². The molecule has 1 fully saturated rings. The van der Waals surface area contributed by atoms with Crippen LogP contribution in [0.4, 0.5) is 5.82 Å². The maximum absolute atomic E-state index is 8.79. The minimum atomic E-state index is -0.0999. The van der Waals surface area contributed by atoms with Gasteiger partial charge in [0.2, 0.25) is 0 Å². The molecule has 0 aromatic carbocycles. The fourth-order valence-electron chi connectivity index (χ4n) is 2.35. The molecule has 1 saturated heterocycles. The van der Waals surface area contributed by atoms with Gasteiger partial charge in [-0.05, 0) is 12.5 Å². The van der Waals surface area contributed by atoms with Gasteiger partial charge in [0.05, 0.1) is 10.6 Å². The van der Waals surface area contributed by atoms with Crippen LogP contribution in [0.5, 0.6) is 0 Å². The number of anilines is 1. The van der Waals surface area contributed by atoms with E-state index < -0.39 is 0 Å². The second kappa shape index (κ2) is 6.08. The molecule has 108 valence electrons. The Morgan fingerprint density at radius 2 is 2.43 bits per heavy atom. The number of H-pyrrole nitrogens is 1. The van der Waals surface area contributed by atoms with Gasteiger partial charge in [-0.3, -0.25) is 5.10 Å². The van der Waals surface area contributed by atoms with Crippen LogP contribution in [0.15, 0.2) is 18.6 Å². The van der Waals surface area contributed by atoms with Crippen LogP contribution in [0.2, 0.25) is 5.02 Å². The maximum atomic E-state index is 8.79. The third-order valence-electron chi connectivity index (χ3n) is 3.42. The molecule has 1 aliphatic heterocycles. The molecule has 7 nitrogen and oxygen atoms in total. The zero-order chi connectivity index (χ0) is 14.7. The number of ether oxygens (including phenoxy) is 1. The second-order valence-corrected chi connectivity index (χ2v) is 5.17. The van der Waals surface area contributed by atoms with E-state index in [9.17, 15) is 0 Å². The average Bonchev–Trinajstić information content (AvgIpc) is 3.16. The van der Waals surface area contributed by atoms with Gasteiger partial charge in [0.15, 0.2) is 5.82 Å². The number of nitrogens with zero attached hydrogens (tertiary/aromatic N) is 4. The van der Waals surface area contributed by atoms with Crippen molar-refractivity contribution in [1.29, 1.82) is 5.26 Å². The Morgan fingerprint density at radius 3 is 3.14 bits per heavy atom. The molecular formula is C13H13ClN6O. The van der Waals surface area contributed by atoms with E-state index in [1.54, 1.807) is 6.07 Å². The maximum Gasteiger partial charge on any atom is 0.153 e. The SMILES string of the molecule is N#Cc1cnc(NC[C@@H]2CCO[C@@H]2c2ncn[nH]2)c(Cl)c1. The molecule has 0 radical (unpaired) electrons. The highest BCUT2D eigenvalue weighted by molar-refractivity contribution is 6.33. The minimum Gasteiger partial charge on any atom is -0.370 e. The summed E-state index contributed by atoms with van der Waals surface area (Å²) in [6.45, 7) is 1.34. The Morgan fingerprint density at radius 1 is 1.52 bits per heavy atom. The van der Waals surface area contributed by atoms with E-state index in [0.29, 0.717) is 29.6 Å². The summed E-state index contributed by atoms with van der Waals surface area (Å²) in [6.07, 6.45) is 3.79. The molecule has 21 heavy (non-hydrogen) atoms. The van der Waals surface area contributed by atoms with Gasteiger partial charge < -0.3 is 10.1 Å². The molecule has 0 saturated carbocycles. The van der Waals surface area contributed by atoms with Crippen LogP contribution in [0, 0.1) is 17.2 Å². The number of aromatic nitrogens is 4. The van der Waals surface area contributed by atoms with Gasteiger partial charge in [-0.2, -0.15) is 10.4 Å². The van der Waals surface area contributed by atoms with Gasteiger partial charge >= 0.3 is 0 Å². The van der Waals surface area contributed by atoms with Gasteiger partial charge in [-0.25, -0.2) is 9.97 Å². The summed E-state index contributed by atoms with van der Waals surface area (Å²) in [5.41, 5.74) is 0.439. The third kappa shape index (κ3) is 2.96. The predicted molar refractivity (Wildman–Crippen MR) is 75.6 cm³/mol. The molecule has 2 N–H and O–H groups in total. The normalized spacial score (nSPS) is 21.1. The van der Waals surface area contributed by atoms with Crippen molar-refractivity contribution in [3.8, 4) is 6.07 Å². The molecule has 0 aliphatic carbocycles. The summed E-state index contributed by atoms with van der Waals surface area (Å²) in [7, 11) is 0. The van der Waals surface area contributed by atoms with Gasteiger partial charge in [0, 0.05) is 25.3 Å². The van der Waals surface area contributed by atoms with E-state index in [-0.39, 0.29) is 12.0 Å². The minimum absolute atomic E-state index is 0.0999. The highest BCUT2D eigenvalue weighted by Gasteiger charge is 2.31. The van der Waals surface area contributed by atoms with Crippen LogP contribution in [0.25, 0.3) is 0 Å². The van der Waals surface area contributed by atoms with E-state index in [1.165, 1.54) is 12.5 Å². The summed E-state index contributed by atoms with van der Waals surface area (Å²) >= 11 is 6.09. The van der Waals surface area contributed by atoms with Crippen molar-refractivity contribution in [2.45, 2.75) is 12.5 Å². The van der Waals surface area contributed by atoms with Crippen molar-refractivity contribution in [2.75, 3.05) is 18.5 Å². The number of hydrogen-bond donors (Lipinski definition) is 2. The van der Waals surface area contributed by atoms with E-state index in [1.807, 2.05) is 6.07 Å². The standard InChI is InChI=1S/C13H13ClN6O/c14-10-3-8(4-15)5-16-12(10)17-6-9-1-2-21-11(9)13-18-7-19-20-13/h3,5,7,9,11H,1-2,6H2,(H,16,17)(H,18,19,20)/t9-,11-/m0/s1. The van der Waals surface area contributed by atoms with Crippen molar-refractivity contribution in [3.63, 3.8) is 0 Å². The second-order valence-electron chi connectivity index (χ2n) is 4.76. The number of hydrogen-bond acceptors (Lipinski definition) is 6. The highest BCUT2D eigenvalue weighted by atomic mass is 35.5. The fraction of sp³-hybridized carbons (Fsp3) is 0.385. The van der Waals surface area contributed by atoms with Gasteiger partial charge in [-0.15, -0.1) is 0 Å². The molecule has 0 bridgehead atoms. The molecule has 2 aromatic heterocycles. The quantitative estimate of drug-likeness (QED) is 0.895. The van der Waals surface area contributed by atoms with Crippen LogP contribution in [0.1, 0.15) is 23.9 Å². The molecule has 2 aromatic rings. The smallest absolute Gasteiger partial charge is 0.153 e. The lowest BCUT2D eigenvalue weighted by Crippen LogP contribution is -2.19. The van der Waals surface area contributed by atoms with Gasteiger partial charge in [0.25, 0.3) is 0 Å². The van der Waals surface area contributed by atoms with Crippen LogP contribution in [0.3, 0.4) is 0 Å². The van der Waals surface area contributed by atoms with E-state index in [4.69, 9.17) is 21.6 Å². The van der Waals surface area contributed by atoms with Gasteiger partial charge in [-0.1, -0.05) is 11.6 Å².